The molecule has 3 aliphatic carbocycles. The van der Waals surface area contributed by atoms with Crippen LogP contribution in [-0.2, 0) is 14.3 Å². The molecule has 35 heavy (non-hydrogen) atoms. The minimum atomic E-state index is -0.921. The number of hydrogen-bond donors (Lipinski definition) is 3. The fourth-order valence-electron chi connectivity index (χ4n) is 6.05. The van der Waals surface area contributed by atoms with Crippen molar-refractivity contribution in [1.82, 2.24) is 10.6 Å². The molecule has 7 heteroatoms. The summed E-state index contributed by atoms with van der Waals surface area (Å²) in [4.78, 5) is 36.8. The predicted molar refractivity (Wildman–Crippen MR) is 131 cm³/mol. The first-order chi connectivity index (χ1) is 16.8. The molecule has 0 radical (unpaired) electrons. The summed E-state index contributed by atoms with van der Waals surface area (Å²) in [5.74, 6) is -0.752. The molecular formula is C28H32N2O5. The van der Waals surface area contributed by atoms with E-state index in [2.05, 4.69) is 34.9 Å². The van der Waals surface area contributed by atoms with E-state index in [-0.39, 0.29) is 42.7 Å². The van der Waals surface area contributed by atoms with Gasteiger partial charge in [0.1, 0.15) is 6.61 Å². The molecule has 184 valence electrons. The van der Waals surface area contributed by atoms with Gasteiger partial charge >= 0.3 is 12.1 Å². The lowest BCUT2D eigenvalue weighted by Gasteiger charge is -2.24. The zero-order valence-corrected chi connectivity index (χ0v) is 20.1. The van der Waals surface area contributed by atoms with Crippen LogP contribution in [0.1, 0.15) is 56.6 Å². The molecule has 2 amide bonds. The summed E-state index contributed by atoms with van der Waals surface area (Å²) in [6, 6.07) is 15.9. The third-order valence-electron chi connectivity index (χ3n) is 8.05. The number of benzene rings is 2. The Morgan fingerprint density at radius 2 is 1.66 bits per heavy atom. The number of carboxylic acid groups (broad SMARTS) is 1. The number of hydrogen-bond acceptors (Lipinski definition) is 4. The van der Waals surface area contributed by atoms with Crippen LogP contribution in [0.2, 0.25) is 0 Å². The zero-order valence-electron chi connectivity index (χ0n) is 20.1. The average Bonchev–Trinajstić information content (AvgIpc) is 3.25. The molecule has 0 heterocycles. The second kappa shape index (κ2) is 9.02. The van der Waals surface area contributed by atoms with Crippen LogP contribution < -0.4 is 10.6 Å². The van der Waals surface area contributed by atoms with Crippen LogP contribution >= 0.6 is 0 Å². The van der Waals surface area contributed by atoms with Crippen molar-refractivity contribution in [3.05, 3.63) is 59.7 Å². The Labute approximate surface area is 205 Å². The molecule has 4 atom stereocenters. The second-order valence-corrected chi connectivity index (χ2v) is 10.6. The number of carboxylic acids is 1. The molecule has 2 fully saturated rings. The number of nitrogens with one attached hydrogen (secondary N) is 2. The van der Waals surface area contributed by atoms with Crippen LogP contribution in [0.15, 0.2) is 48.5 Å². The molecule has 2 aromatic carbocycles. The van der Waals surface area contributed by atoms with E-state index in [1.165, 1.54) is 22.3 Å². The molecule has 0 saturated heterocycles. The lowest BCUT2D eigenvalue weighted by atomic mass is 9.96. The van der Waals surface area contributed by atoms with Gasteiger partial charge in [0.15, 0.2) is 0 Å². The van der Waals surface area contributed by atoms with Crippen molar-refractivity contribution in [2.75, 3.05) is 6.61 Å². The molecule has 0 aromatic heterocycles. The van der Waals surface area contributed by atoms with Crippen LogP contribution in [0.25, 0.3) is 11.1 Å². The smallest absolute Gasteiger partial charge is 0.407 e. The van der Waals surface area contributed by atoms with Crippen LogP contribution in [-0.4, -0.2) is 41.8 Å². The number of ether oxygens (including phenoxy) is 1. The number of carbonyl (C=O) groups excluding carboxylic acids is 2. The van der Waals surface area contributed by atoms with E-state index in [1.54, 1.807) is 0 Å². The van der Waals surface area contributed by atoms with E-state index in [9.17, 15) is 14.4 Å². The zero-order chi connectivity index (χ0) is 24.7. The van der Waals surface area contributed by atoms with E-state index < -0.39 is 23.5 Å². The largest absolute Gasteiger partial charge is 0.481 e. The van der Waals surface area contributed by atoms with Gasteiger partial charge in [-0.25, -0.2) is 4.79 Å². The van der Waals surface area contributed by atoms with Crippen molar-refractivity contribution < 1.29 is 24.2 Å². The van der Waals surface area contributed by atoms with Gasteiger partial charge in [-0.05, 0) is 53.4 Å². The van der Waals surface area contributed by atoms with Crippen molar-refractivity contribution in [1.29, 1.82) is 0 Å². The Balaban J connectivity index is 1.16. The van der Waals surface area contributed by atoms with Crippen molar-refractivity contribution in [2.45, 2.75) is 57.5 Å². The molecule has 7 nitrogen and oxygen atoms in total. The number of carbonyl (C=O) groups is 3. The predicted octanol–water partition coefficient (Wildman–Crippen LogP) is 4.31. The van der Waals surface area contributed by atoms with E-state index in [4.69, 9.17) is 9.84 Å². The Hall–Kier alpha value is -3.35. The third kappa shape index (κ3) is 4.40. The highest BCUT2D eigenvalue weighted by molar-refractivity contribution is 5.87. The highest BCUT2D eigenvalue weighted by Crippen LogP contribution is 2.63. The monoisotopic (exact) mass is 476 g/mol. The van der Waals surface area contributed by atoms with Gasteiger partial charge in [0.2, 0.25) is 5.91 Å². The minimum Gasteiger partial charge on any atom is -0.481 e. The fourth-order valence-corrected chi connectivity index (χ4v) is 6.05. The maximum absolute atomic E-state index is 13.0. The maximum Gasteiger partial charge on any atom is 0.407 e. The number of aliphatic carboxylic acids is 1. The van der Waals surface area contributed by atoms with Crippen molar-refractivity contribution in [2.24, 2.45) is 17.3 Å². The molecular weight excluding hydrogens is 444 g/mol. The summed E-state index contributed by atoms with van der Waals surface area (Å²) < 4.78 is 5.67. The van der Waals surface area contributed by atoms with Gasteiger partial charge in [-0.2, -0.15) is 0 Å². The lowest BCUT2D eigenvalue weighted by Crippen LogP contribution is -2.44. The van der Waals surface area contributed by atoms with E-state index >= 15 is 0 Å². The van der Waals surface area contributed by atoms with Gasteiger partial charge < -0.3 is 20.5 Å². The van der Waals surface area contributed by atoms with E-state index in [1.807, 2.05) is 38.1 Å². The summed E-state index contributed by atoms with van der Waals surface area (Å²) in [7, 11) is 0. The first-order valence-electron chi connectivity index (χ1n) is 12.4. The van der Waals surface area contributed by atoms with Gasteiger partial charge in [-0.15, -0.1) is 0 Å². The lowest BCUT2D eigenvalue weighted by molar-refractivity contribution is -0.138. The Morgan fingerprint density at radius 1 is 1.03 bits per heavy atom. The Morgan fingerprint density at radius 3 is 2.26 bits per heavy atom. The summed E-state index contributed by atoms with van der Waals surface area (Å²) in [5, 5.41) is 15.1. The van der Waals surface area contributed by atoms with Crippen molar-refractivity contribution >= 4 is 18.0 Å². The van der Waals surface area contributed by atoms with Gasteiger partial charge in [0, 0.05) is 18.0 Å². The summed E-state index contributed by atoms with van der Waals surface area (Å²) in [6.07, 6.45) is 1.54. The first kappa shape index (κ1) is 23.4. The molecule has 3 aliphatic rings. The summed E-state index contributed by atoms with van der Waals surface area (Å²) in [5.41, 5.74) is 4.21. The van der Waals surface area contributed by atoms with E-state index in [0.717, 1.165) is 12.8 Å². The average molecular weight is 477 g/mol. The Bertz CT molecular complexity index is 1120. The van der Waals surface area contributed by atoms with Crippen LogP contribution in [0, 0.1) is 17.3 Å². The van der Waals surface area contributed by atoms with E-state index in [0.29, 0.717) is 6.42 Å². The molecule has 4 unspecified atom stereocenters. The van der Waals surface area contributed by atoms with Crippen molar-refractivity contribution in [3.63, 3.8) is 0 Å². The van der Waals surface area contributed by atoms with Crippen LogP contribution in [0.4, 0.5) is 4.79 Å². The Kier molecular flexibility index (Phi) is 6.03. The minimum absolute atomic E-state index is 0.00412. The number of fused-ring (bicyclic) bond motifs is 4. The quantitative estimate of drug-likeness (QED) is 0.527. The maximum atomic E-state index is 13.0. The number of rotatable bonds is 8. The molecule has 0 spiro atoms. The van der Waals surface area contributed by atoms with Crippen molar-refractivity contribution in [3.8, 4) is 11.1 Å². The summed E-state index contributed by atoms with van der Waals surface area (Å²) in [6.45, 7) is 4.07. The highest BCUT2D eigenvalue weighted by atomic mass is 16.5. The number of alkyl carbamates (subject to hydrolysis) is 1. The van der Waals surface area contributed by atoms with Gasteiger partial charge in [0.05, 0.1) is 11.8 Å². The SMILES string of the molecule is CC(C)C(CC(=O)O)NC(=O)C12CC(NC(=O)OCC3c4ccccc4-c4ccccc43)CC1C2. The number of amides is 2. The normalized spacial score (nSPS) is 24.8. The van der Waals surface area contributed by atoms with Gasteiger partial charge in [-0.3, -0.25) is 9.59 Å². The molecule has 0 bridgehead atoms. The summed E-state index contributed by atoms with van der Waals surface area (Å²) >= 11 is 0. The molecule has 2 saturated carbocycles. The topological polar surface area (TPSA) is 105 Å². The highest BCUT2D eigenvalue weighted by Gasteiger charge is 2.65. The van der Waals surface area contributed by atoms with Gasteiger partial charge in [0.25, 0.3) is 0 Å². The third-order valence-corrected chi connectivity index (χ3v) is 8.05. The first-order valence-corrected chi connectivity index (χ1v) is 12.4. The van der Waals surface area contributed by atoms with Crippen LogP contribution in [0.3, 0.4) is 0 Å². The second-order valence-electron chi connectivity index (χ2n) is 10.6. The van der Waals surface area contributed by atoms with Gasteiger partial charge in [-0.1, -0.05) is 62.4 Å². The molecule has 2 aromatic rings. The molecule has 5 rings (SSSR count). The van der Waals surface area contributed by atoms with Crippen LogP contribution in [0.5, 0.6) is 0 Å². The molecule has 0 aliphatic heterocycles. The molecule has 3 N–H and O–H groups in total. The standard InChI is InChI=1S/C28H32N2O5/c1-16(2)24(12-25(31)32)30-26(33)28-13-17(28)11-18(14-28)29-27(34)35-15-23-21-9-5-3-7-19(21)20-8-4-6-10-22(20)23/h3-10,16-18,23-24H,11-15H2,1-2H3,(H,29,34)(H,30,33)(H,31,32). The fraction of sp³-hybridized carbons (Fsp3) is 0.464.